The summed E-state index contributed by atoms with van der Waals surface area (Å²) in [5.41, 5.74) is 3.51. The van der Waals surface area contributed by atoms with Gasteiger partial charge in [-0.25, -0.2) is 0 Å². The van der Waals surface area contributed by atoms with E-state index in [4.69, 9.17) is 56.9 Å². The van der Waals surface area contributed by atoms with E-state index in [1.807, 2.05) is 6.92 Å². The number of carbonyl (C=O) groups is 1. The number of aliphatic hydroxyl groups excluding tert-OH is 4. The minimum atomic E-state index is -1.34. The quantitative estimate of drug-likeness (QED) is 0.123. The number of hydrogen-bond acceptors (Lipinski definition) is 20. The predicted octanol–water partition coefficient (Wildman–Crippen LogP) is 0.377. The topological polar surface area (TPSA) is 233 Å². The molecule has 0 radical (unpaired) electrons. The maximum absolute atomic E-state index is 14.0. The minimum absolute atomic E-state index is 0.000551. The second-order valence-corrected chi connectivity index (χ2v) is 16.0. The average Bonchev–Trinajstić information content (AvgIpc) is 3.19. The molecule has 6 N–H and O–H groups in total. The van der Waals surface area contributed by atoms with E-state index in [-0.39, 0.29) is 41.4 Å². The Hall–Kier alpha value is -1.96. The Balaban J connectivity index is 1.21. The van der Waals surface area contributed by atoms with E-state index >= 15 is 0 Å². The largest absolute Gasteiger partial charge is 0.492 e. The number of ether oxygens (including phenoxy) is 11. The number of rotatable bonds is 16. The van der Waals surface area contributed by atoms with Gasteiger partial charge in [-0.05, 0) is 45.9 Å². The van der Waals surface area contributed by atoms with Crippen LogP contribution in [0.3, 0.4) is 0 Å². The number of aryl methyl sites for hydroxylation is 1. The van der Waals surface area contributed by atoms with Crippen molar-refractivity contribution in [3.8, 4) is 17.2 Å². The lowest BCUT2D eigenvalue weighted by molar-refractivity contribution is -0.330. The highest BCUT2D eigenvalue weighted by molar-refractivity contribution is 8.14. The molecule has 17 unspecified atom stereocenters. The molecule has 4 saturated heterocycles. The van der Waals surface area contributed by atoms with Gasteiger partial charge in [0.15, 0.2) is 30.4 Å². The second-order valence-electron chi connectivity index (χ2n) is 14.8. The molecule has 0 aromatic heterocycles. The van der Waals surface area contributed by atoms with Crippen LogP contribution in [0.4, 0.5) is 0 Å². The summed E-state index contributed by atoms with van der Waals surface area (Å²) < 4.78 is 63.8. The van der Waals surface area contributed by atoms with E-state index < -0.39 is 96.5 Å². The predicted molar refractivity (Wildman–Crippen MR) is 206 cm³/mol. The number of benzene rings is 1. The smallest absolute Gasteiger partial charge is 0.229 e. The Kier molecular flexibility index (Phi) is 17.2. The number of nitrogens with one attached hydrogen (secondary N) is 2. The van der Waals surface area contributed by atoms with Crippen LogP contribution in [-0.4, -0.2) is 178 Å². The number of aliphatic hydroxyl groups is 4. The Labute approximate surface area is 343 Å². The van der Waals surface area contributed by atoms with Crippen LogP contribution in [0.25, 0.3) is 0 Å². The molecule has 1 aromatic rings. The van der Waals surface area contributed by atoms with Gasteiger partial charge in [-0.2, -0.15) is 5.48 Å². The van der Waals surface area contributed by atoms with Gasteiger partial charge in [0.05, 0.1) is 74.2 Å². The molecule has 0 aliphatic carbocycles. The van der Waals surface area contributed by atoms with Crippen molar-refractivity contribution in [3.05, 3.63) is 17.2 Å². The van der Waals surface area contributed by atoms with Crippen molar-refractivity contribution in [2.45, 2.75) is 151 Å². The van der Waals surface area contributed by atoms with Gasteiger partial charge in [-0.3, -0.25) is 9.63 Å². The molecule has 58 heavy (non-hydrogen) atoms. The summed E-state index contributed by atoms with van der Waals surface area (Å²) in [7, 11) is 7.22. The first-order valence-corrected chi connectivity index (χ1v) is 20.4. The van der Waals surface area contributed by atoms with Crippen LogP contribution in [-0.2, 0) is 42.7 Å². The molecule has 332 valence electrons. The summed E-state index contributed by atoms with van der Waals surface area (Å²) in [6.45, 7) is 9.91. The summed E-state index contributed by atoms with van der Waals surface area (Å²) in [5.74, 6) is 0.276. The Morgan fingerprint density at radius 2 is 1.53 bits per heavy atom. The molecular formula is C38H62N2O17S. The van der Waals surface area contributed by atoms with Gasteiger partial charge in [0.25, 0.3) is 0 Å². The molecule has 5 rings (SSSR count). The van der Waals surface area contributed by atoms with Gasteiger partial charge in [-0.15, -0.1) is 0 Å². The third-order valence-electron chi connectivity index (χ3n) is 11.0. The highest BCUT2D eigenvalue weighted by Crippen LogP contribution is 2.45. The first kappa shape index (κ1) is 47.1. The van der Waals surface area contributed by atoms with E-state index in [0.717, 1.165) is 18.3 Å². The van der Waals surface area contributed by atoms with Crippen LogP contribution < -0.4 is 25.0 Å². The van der Waals surface area contributed by atoms with E-state index in [0.29, 0.717) is 18.6 Å². The highest BCUT2D eigenvalue weighted by atomic mass is 32.2. The third kappa shape index (κ3) is 10.4. The first-order valence-electron chi connectivity index (χ1n) is 19.5. The number of hydrogen-bond donors (Lipinski definition) is 6. The van der Waals surface area contributed by atoms with Gasteiger partial charge in [0, 0.05) is 34.2 Å². The Morgan fingerprint density at radius 1 is 0.828 bits per heavy atom. The van der Waals surface area contributed by atoms with Crippen LogP contribution in [0, 0.1) is 6.92 Å². The van der Waals surface area contributed by atoms with Gasteiger partial charge in [-0.1, -0.05) is 18.7 Å². The fourth-order valence-electron chi connectivity index (χ4n) is 7.81. The Morgan fingerprint density at radius 3 is 2.16 bits per heavy atom. The zero-order chi connectivity index (χ0) is 42.4. The van der Waals surface area contributed by atoms with Crippen molar-refractivity contribution >= 4 is 16.9 Å². The number of carbonyl (C=O) groups excluding carboxylic acids is 1. The molecule has 0 spiro atoms. The summed E-state index contributed by atoms with van der Waals surface area (Å²) >= 11 is 0.881. The Bertz CT molecular complexity index is 1470. The van der Waals surface area contributed by atoms with Crippen LogP contribution in [0.5, 0.6) is 17.2 Å². The number of methoxy groups -OCH3 is 5. The summed E-state index contributed by atoms with van der Waals surface area (Å²) in [4.78, 5) is 19.9. The van der Waals surface area contributed by atoms with Gasteiger partial charge < -0.3 is 77.8 Å². The zero-order valence-electron chi connectivity index (χ0n) is 34.7. The first-order chi connectivity index (χ1) is 27.7. The fraction of sp³-hybridized carbons (Fsp3) is 0.816. The SMILES string of the molecule is CCNC1COC(OC2C(OC)OC(C)C(NOC3CC(O)C(SC(=O)c4c(C)cc(OC5OC(C)C(O)C(OC)C5O)c(OC)c4OC)C(C)O3)C2O)CC1OC. The van der Waals surface area contributed by atoms with E-state index in [1.54, 1.807) is 40.9 Å². The summed E-state index contributed by atoms with van der Waals surface area (Å²) in [5, 5.41) is 46.3. The molecule has 20 heteroatoms. The lowest BCUT2D eigenvalue weighted by Gasteiger charge is -2.45. The molecule has 0 amide bonds. The van der Waals surface area contributed by atoms with Crippen LogP contribution in [0.15, 0.2) is 6.07 Å². The molecule has 4 aliphatic heterocycles. The molecular weight excluding hydrogens is 788 g/mol. The average molecular weight is 851 g/mol. The molecule has 4 aliphatic rings. The second kappa shape index (κ2) is 21.2. The van der Waals surface area contributed by atoms with Crippen molar-refractivity contribution in [2.75, 3.05) is 48.7 Å². The summed E-state index contributed by atoms with van der Waals surface area (Å²) in [6, 6.07) is 0.767. The molecule has 19 nitrogen and oxygen atoms in total. The molecule has 4 heterocycles. The third-order valence-corrected chi connectivity index (χ3v) is 12.4. The van der Waals surface area contributed by atoms with Gasteiger partial charge in [0.1, 0.15) is 30.5 Å². The zero-order valence-corrected chi connectivity index (χ0v) is 35.5. The lowest BCUT2D eigenvalue weighted by Crippen LogP contribution is -2.64. The van der Waals surface area contributed by atoms with Crippen molar-refractivity contribution in [2.24, 2.45) is 0 Å². The number of hydroxylamine groups is 1. The van der Waals surface area contributed by atoms with Crippen LogP contribution >= 0.6 is 11.8 Å². The van der Waals surface area contributed by atoms with Crippen LogP contribution in [0.2, 0.25) is 0 Å². The standard InChI is InChI=1S/C38H62N2O17S/c1-11-39-20-15-51-24(14-22(20)46-6)56-34-29(43)27(17(3)53-38(34)50-10)40-57-25-13-21(41)35(19(5)52-25)58-36(45)26-16(2)12-23(31(47-7)32(26)48-8)55-37-30(44)33(49-9)28(42)18(4)54-37/h12,17-22,24-25,27-30,33-35,37-44H,11,13-15H2,1-10H3. The molecule has 4 fully saturated rings. The monoisotopic (exact) mass is 850 g/mol. The van der Waals surface area contributed by atoms with Crippen molar-refractivity contribution < 1.29 is 82.2 Å². The minimum Gasteiger partial charge on any atom is -0.492 e. The fourth-order valence-corrected chi connectivity index (χ4v) is 8.95. The lowest BCUT2D eigenvalue weighted by atomic mass is 9.97. The maximum Gasteiger partial charge on any atom is 0.229 e. The van der Waals surface area contributed by atoms with Crippen molar-refractivity contribution in [3.63, 3.8) is 0 Å². The molecule has 0 bridgehead atoms. The van der Waals surface area contributed by atoms with Crippen molar-refractivity contribution in [1.29, 1.82) is 0 Å². The number of thioether (sulfide) groups is 1. The van der Waals surface area contributed by atoms with Crippen molar-refractivity contribution in [1.82, 2.24) is 10.8 Å². The molecule has 0 saturated carbocycles. The van der Waals surface area contributed by atoms with Crippen LogP contribution in [0.1, 0.15) is 56.5 Å². The van der Waals surface area contributed by atoms with E-state index in [9.17, 15) is 25.2 Å². The highest BCUT2D eigenvalue weighted by Gasteiger charge is 2.49. The van der Waals surface area contributed by atoms with Gasteiger partial charge >= 0.3 is 0 Å². The molecule has 17 atom stereocenters. The van der Waals surface area contributed by atoms with E-state index in [2.05, 4.69) is 10.8 Å². The summed E-state index contributed by atoms with van der Waals surface area (Å²) in [6.07, 6.45) is -12.0. The normalized spacial score (nSPS) is 39.6. The number of likely N-dealkylation sites (N-methyl/N-ethyl adjacent to an activating group) is 1. The maximum atomic E-state index is 14.0. The van der Waals surface area contributed by atoms with E-state index in [1.165, 1.54) is 28.4 Å². The van der Waals surface area contributed by atoms with Gasteiger partial charge in [0.2, 0.25) is 17.2 Å². The molecule has 1 aromatic carbocycles.